The molecule has 0 N–H and O–H groups in total. The van der Waals surface area contributed by atoms with Crippen LogP contribution in [0.3, 0.4) is 0 Å². The first-order chi connectivity index (χ1) is 10.4. The Bertz CT molecular complexity index is 852. The molecule has 7 heteroatoms. The Morgan fingerprint density at radius 1 is 1.18 bits per heavy atom. The number of hydrogen-bond donors (Lipinski definition) is 0. The van der Waals surface area contributed by atoms with Crippen LogP contribution in [0.4, 0.5) is 5.69 Å². The summed E-state index contributed by atoms with van der Waals surface area (Å²) >= 11 is 0. The highest BCUT2D eigenvalue weighted by molar-refractivity contribution is 7.91. The van der Waals surface area contributed by atoms with E-state index in [4.69, 9.17) is 6.57 Å². The lowest BCUT2D eigenvalue weighted by atomic mass is 10.2. The minimum Gasteiger partial charge on any atom is -0.291 e. The van der Waals surface area contributed by atoms with Crippen molar-refractivity contribution in [3.63, 3.8) is 0 Å². The van der Waals surface area contributed by atoms with Gasteiger partial charge in [-0.05, 0) is 25.1 Å². The van der Waals surface area contributed by atoms with Crippen molar-refractivity contribution in [3.8, 4) is 0 Å². The van der Waals surface area contributed by atoms with Crippen LogP contribution in [0.1, 0.15) is 16.5 Å². The normalized spacial score (nSPS) is 12.4. The first-order valence-corrected chi connectivity index (χ1v) is 7.82. The average molecular weight is 316 g/mol. The Morgan fingerprint density at radius 2 is 1.82 bits per heavy atom. The Morgan fingerprint density at radius 3 is 2.36 bits per heavy atom. The number of nitrogens with zero attached hydrogens (tertiary/aromatic N) is 2. The molecule has 0 unspecified atom stereocenters. The van der Waals surface area contributed by atoms with Gasteiger partial charge in [0.2, 0.25) is 0 Å². The first-order valence-electron chi connectivity index (χ1n) is 6.28. The molecule has 22 heavy (non-hydrogen) atoms. The van der Waals surface area contributed by atoms with Crippen LogP contribution in [0.25, 0.3) is 4.85 Å². The van der Waals surface area contributed by atoms with Gasteiger partial charge in [-0.1, -0.05) is 23.8 Å². The van der Waals surface area contributed by atoms with Gasteiger partial charge in [0, 0.05) is 12.1 Å². The minimum atomic E-state index is -3.94. The van der Waals surface area contributed by atoms with Gasteiger partial charge in [0.05, 0.1) is 15.4 Å². The molecule has 0 radical (unpaired) electrons. The molecule has 0 fully saturated rings. The third-order valence-electron chi connectivity index (χ3n) is 3.13. The minimum absolute atomic E-state index is 0.0191. The molecule has 0 spiro atoms. The Hall–Kier alpha value is -2.72. The first kappa shape index (κ1) is 15.7. The smallest absolute Gasteiger partial charge is 0.291 e. The molecule has 112 valence electrons. The molecule has 0 saturated heterocycles. The molecular formula is C15H12N2O4S. The van der Waals surface area contributed by atoms with Crippen molar-refractivity contribution < 1.29 is 13.3 Å². The SMILES string of the molecule is [C-]#[N+][C@H](c1cccc([N+](=O)[O-])c1)S(=O)(=O)c1ccc(C)cc1. The number of hydrogen-bond acceptors (Lipinski definition) is 4. The summed E-state index contributed by atoms with van der Waals surface area (Å²) in [6.07, 6.45) is 0. The molecule has 0 aliphatic rings. The van der Waals surface area contributed by atoms with E-state index in [0.29, 0.717) is 0 Å². The van der Waals surface area contributed by atoms with E-state index in [9.17, 15) is 18.5 Å². The van der Waals surface area contributed by atoms with Gasteiger partial charge in [-0.3, -0.25) is 15.0 Å². The van der Waals surface area contributed by atoms with Gasteiger partial charge in [0.15, 0.2) is 0 Å². The highest BCUT2D eigenvalue weighted by Crippen LogP contribution is 2.32. The van der Waals surface area contributed by atoms with Crippen LogP contribution in [0, 0.1) is 23.6 Å². The van der Waals surface area contributed by atoms with Gasteiger partial charge in [0.1, 0.15) is 0 Å². The van der Waals surface area contributed by atoms with Gasteiger partial charge in [-0.15, -0.1) is 0 Å². The van der Waals surface area contributed by atoms with Crippen molar-refractivity contribution in [1.29, 1.82) is 0 Å². The van der Waals surface area contributed by atoms with Gasteiger partial charge < -0.3 is 0 Å². The highest BCUT2D eigenvalue weighted by Gasteiger charge is 2.35. The molecule has 6 nitrogen and oxygen atoms in total. The zero-order chi connectivity index (χ0) is 16.3. The van der Waals surface area contributed by atoms with Gasteiger partial charge in [-0.2, -0.15) is 0 Å². The summed E-state index contributed by atoms with van der Waals surface area (Å²) in [7, 11) is -3.94. The maximum absolute atomic E-state index is 12.6. The van der Waals surface area contributed by atoms with E-state index >= 15 is 0 Å². The van der Waals surface area contributed by atoms with E-state index < -0.39 is 20.1 Å². The van der Waals surface area contributed by atoms with E-state index in [0.717, 1.165) is 11.6 Å². The molecule has 2 aromatic rings. The van der Waals surface area contributed by atoms with Gasteiger partial charge in [-0.25, -0.2) is 15.0 Å². The largest absolute Gasteiger partial charge is 0.350 e. The van der Waals surface area contributed by atoms with Crippen molar-refractivity contribution >= 4 is 15.5 Å². The summed E-state index contributed by atoms with van der Waals surface area (Å²) in [5, 5.41) is 9.30. The van der Waals surface area contributed by atoms with Gasteiger partial charge >= 0.3 is 5.37 Å². The molecule has 1 atom stereocenters. The molecule has 0 saturated carbocycles. The average Bonchev–Trinajstić information content (AvgIpc) is 2.48. The fourth-order valence-corrected chi connectivity index (χ4v) is 3.39. The molecule has 0 bridgehead atoms. The zero-order valence-corrected chi connectivity index (χ0v) is 12.4. The Kier molecular flexibility index (Phi) is 4.24. The molecule has 0 aliphatic heterocycles. The van der Waals surface area contributed by atoms with E-state index in [1.807, 2.05) is 6.92 Å². The summed E-state index contributed by atoms with van der Waals surface area (Å²) in [6, 6.07) is 11.3. The standard InChI is InChI=1S/C15H12N2O4S/c1-11-6-8-14(9-7-11)22(20,21)15(16-2)12-4-3-5-13(10-12)17(18)19/h3-10,15H,1H3/t15-/m0/s1. The molecule has 2 aromatic carbocycles. The third kappa shape index (κ3) is 2.97. The summed E-state index contributed by atoms with van der Waals surface area (Å²) in [4.78, 5) is 13.4. The van der Waals surface area contributed by atoms with Crippen LogP contribution in [0.5, 0.6) is 0 Å². The second kappa shape index (κ2) is 5.95. The van der Waals surface area contributed by atoms with E-state index in [1.54, 1.807) is 12.1 Å². The maximum atomic E-state index is 12.6. The second-order valence-electron chi connectivity index (χ2n) is 4.69. The van der Waals surface area contributed by atoms with Crippen LogP contribution in [0.2, 0.25) is 0 Å². The van der Waals surface area contributed by atoms with E-state index in [-0.39, 0.29) is 16.1 Å². The zero-order valence-electron chi connectivity index (χ0n) is 11.6. The van der Waals surface area contributed by atoms with Crippen molar-refractivity contribution in [1.82, 2.24) is 0 Å². The van der Waals surface area contributed by atoms with Crippen LogP contribution >= 0.6 is 0 Å². The lowest BCUT2D eigenvalue weighted by Gasteiger charge is -2.08. The fourth-order valence-electron chi connectivity index (χ4n) is 1.97. The molecule has 0 aromatic heterocycles. The van der Waals surface area contributed by atoms with Crippen molar-refractivity contribution in [2.45, 2.75) is 17.2 Å². The number of aryl methyl sites for hydroxylation is 1. The molecule has 2 rings (SSSR count). The number of benzene rings is 2. The monoisotopic (exact) mass is 316 g/mol. The summed E-state index contributed by atoms with van der Waals surface area (Å²) in [6.45, 7) is 9.02. The predicted octanol–water partition coefficient (Wildman–Crippen LogP) is 3.30. The molecule has 0 amide bonds. The second-order valence-corrected chi connectivity index (χ2v) is 6.70. The number of nitro groups is 1. The number of sulfone groups is 1. The summed E-state index contributed by atoms with van der Waals surface area (Å²) in [5.41, 5.74) is 0.740. The van der Waals surface area contributed by atoms with Crippen molar-refractivity contribution in [2.24, 2.45) is 0 Å². The third-order valence-corrected chi connectivity index (χ3v) is 5.02. The van der Waals surface area contributed by atoms with E-state index in [2.05, 4.69) is 4.85 Å². The number of non-ortho nitro benzene ring substituents is 1. The van der Waals surface area contributed by atoms with Gasteiger partial charge in [0.25, 0.3) is 15.5 Å². The van der Waals surface area contributed by atoms with Crippen LogP contribution in [-0.2, 0) is 9.84 Å². The molecular weight excluding hydrogens is 304 g/mol. The van der Waals surface area contributed by atoms with E-state index in [1.165, 1.54) is 30.3 Å². The quantitative estimate of drug-likeness (QED) is 0.492. The Labute approximate surface area is 127 Å². The molecule has 0 heterocycles. The number of rotatable bonds is 4. The lowest BCUT2D eigenvalue weighted by Crippen LogP contribution is -2.11. The lowest BCUT2D eigenvalue weighted by molar-refractivity contribution is -0.384. The van der Waals surface area contributed by atoms with Crippen LogP contribution in [0.15, 0.2) is 53.4 Å². The fraction of sp³-hybridized carbons (Fsp3) is 0.133. The predicted molar refractivity (Wildman–Crippen MR) is 80.8 cm³/mol. The van der Waals surface area contributed by atoms with Crippen molar-refractivity contribution in [3.05, 3.63) is 81.2 Å². The summed E-state index contributed by atoms with van der Waals surface area (Å²) < 4.78 is 25.1. The van der Waals surface area contributed by atoms with Crippen molar-refractivity contribution in [2.75, 3.05) is 0 Å². The Balaban J connectivity index is 2.52. The van der Waals surface area contributed by atoms with Crippen LogP contribution < -0.4 is 0 Å². The molecule has 0 aliphatic carbocycles. The summed E-state index contributed by atoms with van der Waals surface area (Å²) in [5.74, 6) is 0. The highest BCUT2D eigenvalue weighted by atomic mass is 32.2. The van der Waals surface area contributed by atoms with Crippen LogP contribution in [-0.4, -0.2) is 13.3 Å². The maximum Gasteiger partial charge on any atom is 0.350 e. The topological polar surface area (TPSA) is 81.6 Å². The number of nitro benzene ring substituents is 1.